The summed E-state index contributed by atoms with van der Waals surface area (Å²) in [6.07, 6.45) is 1.69. The van der Waals surface area contributed by atoms with E-state index in [0.717, 1.165) is 11.8 Å². The average Bonchev–Trinajstić information content (AvgIpc) is 3.04. The summed E-state index contributed by atoms with van der Waals surface area (Å²) in [5.74, 6) is -0.0702. The van der Waals surface area contributed by atoms with E-state index < -0.39 is 15.7 Å². The highest BCUT2D eigenvalue weighted by atomic mass is 35.5. The van der Waals surface area contributed by atoms with Crippen molar-refractivity contribution in [3.63, 3.8) is 0 Å². The van der Waals surface area contributed by atoms with Crippen molar-refractivity contribution in [1.29, 1.82) is 0 Å². The van der Waals surface area contributed by atoms with E-state index in [4.69, 9.17) is 22.1 Å². The SMILES string of the molecule is COc1ccc(NC(=O)Cn2nc(SC)c(S(=O)(=O)c3ccccc3)c2N)cc1Cl. The third-order valence-electron chi connectivity index (χ3n) is 4.16. The van der Waals surface area contributed by atoms with Crippen molar-refractivity contribution in [2.24, 2.45) is 0 Å². The fraction of sp³-hybridized carbons (Fsp3) is 0.158. The van der Waals surface area contributed by atoms with Gasteiger partial charge in [-0.3, -0.25) is 4.79 Å². The number of anilines is 2. The van der Waals surface area contributed by atoms with Crippen LogP contribution in [0.25, 0.3) is 0 Å². The number of halogens is 1. The first-order chi connectivity index (χ1) is 14.3. The normalized spacial score (nSPS) is 11.3. The second kappa shape index (κ2) is 8.99. The highest BCUT2D eigenvalue weighted by Crippen LogP contribution is 2.34. The third kappa shape index (κ3) is 4.40. The van der Waals surface area contributed by atoms with Gasteiger partial charge in [0.2, 0.25) is 15.7 Å². The maximum absolute atomic E-state index is 13.0. The molecule has 1 aromatic heterocycles. The molecule has 0 aliphatic heterocycles. The smallest absolute Gasteiger partial charge is 0.246 e. The van der Waals surface area contributed by atoms with Gasteiger partial charge in [0.25, 0.3) is 0 Å². The van der Waals surface area contributed by atoms with Crippen LogP contribution >= 0.6 is 23.4 Å². The number of hydrogen-bond donors (Lipinski definition) is 2. The number of thioether (sulfide) groups is 1. The van der Waals surface area contributed by atoms with Crippen LogP contribution in [0, 0.1) is 0 Å². The van der Waals surface area contributed by atoms with E-state index in [9.17, 15) is 13.2 Å². The maximum atomic E-state index is 13.0. The highest BCUT2D eigenvalue weighted by Gasteiger charge is 2.29. The van der Waals surface area contributed by atoms with E-state index >= 15 is 0 Å². The molecule has 0 radical (unpaired) electrons. The van der Waals surface area contributed by atoms with Gasteiger partial charge in [-0.2, -0.15) is 5.10 Å². The molecule has 3 rings (SSSR count). The fourth-order valence-corrected chi connectivity index (χ4v) is 5.45. The zero-order chi connectivity index (χ0) is 21.9. The number of carbonyl (C=O) groups excluding carboxylic acids is 1. The number of carbonyl (C=O) groups is 1. The van der Waals surface area contributed by atoms with Gasteiger partial charge in [-0.05, 0) is 36.6 Å². The quantitative estimate of drug-likeness (QED) is 0.513. The molecule has 1 heterocycles. The molecule has 2 aromatic carbocycles. The van der Waals surface area contributed by atoms with Gasteiger partial charge in [0.1, 0.15) is 28.0 Å². The van der Waals surface area contributed by atoms with Crippen molar-refractivity contribution >= 4 is 50.6 Å². The Morgan fingerprint density at radius 1 is 1.27 bits per heavy atom. The Balaban J connectivity index is 1.87. The number of nitrogens with two attached hydrogens (primary N) is 1. The van der Waals surface area contributed by atoms with Gasteiger partial charge in [-0.1, -0.05) is 29.8 Å². The molecule has 1 amide bonds. The van der Waals surface area contributed by atoms with E-state index in [1.807, 2.05) is 0 Å². The van der Waals surface area contributed by atoms with Crippen LogP contribution in [0.3, 0.4) is 0 Å². The number of nitrogens with one attached hydrogen (secondary N) is 1. The zero-order valence-electron chi connectivity index (χ0n) is 16.1. The predicted octanol–water partition coefficient (Wildman–Crippen LogP) is 3.32. The summed E-state index contributed by atoms with van der Waals surface area (Å²) in [6.45, 7) is -0.270. The summed E-state index contributed by atoms with van der Waals surface area (Å²) in [5.41, 5.74) is 6.55. The van der Waals surface area contributed by atoms with Gasteiger partial charge >= 0.3 is 0 Å². The second-order valence-corrected chi connectivity index (χ2v) is 9.18. The lowest BCUT2D eigenvalue weighted by Crippen LogP contribution is -2.21. The Bertz CT molecular complexity index is 1180. The van der Waals surface area contributed by atoms with Crippen molar-refractivity contribution in [3.05, 3.63) is 53.6 Å². The van der Waals surface area contributed by atoms with E-state index in [1.54, 1.807) is 42.7 Å². The van der Waals surface area contributed by atoms with Gasteiger partial charge < -0.3 is 15.8 Å². The molecule has 0 spiro atoms. The lowest BCUT2D eigenvalue weighted by atomic mass is 10.3. The number of amides is 1. The zero-order valence-corrected chi connectivity index (χ0v) is 18.5. The van der Waals surface area contributed by atoms with Crippen LogP contribution in [-0.2, 0) is 21.2 Å². The lowest BCUT2D eigenvalue weighted by molar-refractivity contribution is -0.116. The molecule has 30 heavy (non-hydrogen) atoms. The number of aromatic nitrogens is 2. The van der Waals surface area contributed by atoms with Gasteiger partial charge in [0.05, 0.1) is 17.0 Å². The molecule has 0 aliphatic carbocycles. The van der Waals surface area contributed by atoms with Gasteiger partial charge in [-0.15, -0.1) is 11.8 Å². The van der Waals surface area contributed by atoms with E-state index in [1.165, 1.54) is 23.9 Å². The number of nitrogen functional groups attached to an aromatic ring is 1. The molecule has 0 saturated heterocycles. The average molecular weight is 467 g/mol. The molecule has 3 N–H and O–H groups in total. The number of hydrogen-bond acceptors (Lipinski definition) is 7. The summed E-state index contributed by atoms with van der Waals surface area (Å²) < 4.78 is 32.3. The summed E-state index contributed by atoms with van der Waals surface area (Å²) in [4.78, 5) is 12.5. The van der Waals surface area contributed by atoms with Crippen LogP contribution in [0.2, 0.25) is 5.02 Å². The number of benzene rings is 2. The van der Waals surface area contributed by atoms with E-state index in [0.29, 0.717) is 16.5 Å². The largest absolute Gasteiger partial charge is 0.495 e. The third-order valence-corrected chi connectivity index (χ3v) is 7.09. The van der Waals surface area contributed by atoms with E-state index in [2.05, 4.69) is 10.4 Å². The van der Waals surface area contributed by atoms with Crippen molar-refractivity contribution in [2.45, 2.75) is 21.4 Å². The molecule has 0 atom stereocenters. The number of nitrogens with zero attached hydrogens (tertiary/aromatic N) is 2. The first-order valence-corrected chi connectivity index (χ1v) is 11.7. The molecule has 8 nitrogen and oxygen atoms in total. The van der Waals surface area contributed by atoms with Crippen LogP contribution in [0.15, 0.2) is 63.3 Å². The molecule has 0 saturated carbocycles. The van der Waals surface area contributed by atoms with Gasteiger partial charge in [0, 0.05) is 5.69 Å². The topological polar surface area (TPSA) is 116 Å². The molecule has 0 fully saturated rings. The second-order valence-electron chi connectivity index (χ2n) is 6.10. The Morgan fingerprint density at radius 3 is 2.57 bits per heavy atom. The van der Waals surface area contributed by atoms with Crippen LogP contribution in [-0.4, -0.2) is 37.5 Å². The Labute approximate surface area is 183 Å². The number of ether oxygens (including phenoxy) is 1. The summed E-state index contributed by atoms with van der Waals surface area (Å²) in [7, 11) is -2.40. The Morgan fingerprint density at radius 2 is 1.97 bits per heavy atom. The van der Waals surface area contributed by atoms with Gasteiger partial charge in [-0.25, -0.2) is 13.1 Å². The highest BCUT2D eigenvalue weighted by molar-refractivity contribution is 7.99. The van der Waals surface area contributed by atoms with Crippen molar-refractivity contribution in [1.82, 2.24) is 9.78 Å². The summed E-state index contributed by atoms with van der Waals surface area (Å²) in [6, 6.07) is 12.7. The van der Waals surface area contributed by atoms with Crippen LogP contribution in [0.4, 0.5) is 11.5 Å². The monoisotopic (exact) mass is 466 g/mol. The molecule has 158 valence electrons. The maximum Gasteiger partial charge on any atom is 0.246 e. The van der Waals surface area contributed by atoms with Crippen LogP contribution < -0.4 is 15.8 Å². The number of rotatable bonds is 7. The van der Waals surface area contributed by atoms with Crippen molar-refractivity contribution in [3.8, 4) is 5.75 Å². The number of sulfone groups is 1. The molecule has 0 bridgehead atoms. The lowest BCUT2D eigenvalue weighted by Gasteiger charge is -2.09. The summed E-state index contributed by atoms with van der Waals surface area (Å²) in [5, 5.41) is 7.45. The van der Waals surface area contributed by atoms with Gasteiger partial charge in [0.15, 0.2) is 0 Å². The Hall–Kier alpha value is -2.69. The standard InChI is InChI=1S/C19H19ClN4O4S2/c1-28-15-9-8-12(10-14(15)20)22-16(25)11-24-18(21)17(19(23-24)29-2)30(26,27)13-6-4-3-5-7-13/h3-10H,11,21H2,1-2H3,(H,22,25). The minimum atomic E-state index is -3.89. The van der Waals surface area contributed by atoms with Crippen molar-refractivity contribution < 1.29 is 17.9 Å². The molecule has 11 heteroatoms. The Kier molecular flexibility index (Phi) is 6.59. The van der Waals surface area contributed by atoms with Crippen molar-refractivity contribution in [2.75, 3.05) is 24.4 Å². The molecule has 3 aromatic rings. The van der Waals surface area contributed by atoms with Crippen LogP contribution in [0.5, 0.6) is 5.75 Å². The van der Waals surface area contributed by atoms with Crippen LogP contribution in [0.1, 0.15) is 0 Å². The minimum Gasteiger partial charge on any atom is -0.495 e. The molecular weight excluding hydrogens is 448 g/mol. The molecule has 0 aliphatic rings. The minimum absolute atomic E-state index is 0.101. The predicted molar refractivity (Wildman–Crippen MR) is 117 cm³/mol. The summed E-state index contributed by atoms with van der Waals surface area (Å²) >= 11 is 7.20. The van der Waals surface area contributed by atoms with E-state index in [-0.39, 0.29) is 27.2 Å². The fourth-order valence-electron chi connectivity index (χ4n) is 2.74. The molecule has 0 unspecified atom stereocenters. The first kappa shape index (κ1) is 22.0. The number of methoxy groups -OCH3 is 1. The molecular formula is C19H19ClN4O4S2. The first-order valence-electron chi connectivity index (χ1n) is 8.61.